The number of rotatable bonds is 5. The molecule has 0 saturated heterocycles. The Bertz CT molecular complexity index is 1400. The van der Waals surface area contributed by atoms with E-state index in [1.807, 2.05) is 55.5 Å². The van der Waals surface area contributed by atoms with Gasteiger partial charge in [0.05, 0.1) is 12.5 Å². The molecule has 0 spiro atoms. The summed E-state index contributed by atoms with van der Waals surface area (Å²) in [4.78, 5) is 33.6. The van der Waals surface area contributed by atoms with Crippen molar-refractivity contribution in [3.05, 3.63) is 74.9 Å². The van der Waals surface area contributed by atoms with Crippen molar-refractivity contribution in [3.8, 4) is 17.1 Å². The van der Waals surface area contributed by atoms with Crippen LogP contribution in [0, 0.1) is 6.92 Å². The van der Waals surface area contributed by atoms with Crippen molar-refractivity contribution in [1.29, 1.82) is 0 Å². The van der Waals surface area contributed by atoms with E-state index < -0.39 is 0 Å². The highest BCUT2D eigenvalue weighted by Gasteiger charge is 2.23. The van der Waals surface area contributed by atoms with Gasteiger partial charge in [-0.2, -0.15) is 0 Å². The van der Waals surface area contributed by atoms with E-state index in [9.17, 15) is 9.59 Å². The lowest BCUT2D eigenvalue weighted by Crippen LogP contribution is -2.30. The van der Waals surface area contributed by atoms with E-state index in [0.717, 1.165) is 47.2 Å². The zero-order chi connectivity index (χ0) is 22.9. The number of hydrogen-bond acceptors (Lipinski definition) is 5. The summed E-state index contributed by atoms with van der Waals surface area (Å²) in [7, 11) is 1.60. The number of nitrogens with one attached hydrogen (secondary N) is 1. The van der Waals surface area contributed by atoms with E-state index in [1.54, 1.807) is 18.4 Å². The average molecular weight is 460 g/mol. The first-order valence-electron chi connectivity index (χ1n) is 11.1. The molecular weight excluding hydrogens is 434 g/mol. The standard InChI is InChI=1S/C26H25N3O3S/c1-16-10-12-18(13-11-16)27-22(30)15-29-24(17-6-5-7-19(14-17)32-2)28-25-23(26(29)31)20-8-3-4-9-21(20)33-25/h5-7,10-14H,3-4,8-9,15H2,1-2H3,(H,27,30). The Hall–Kier alpha value is -3.45. The smallest absolute Gasteiger partial charge is 0.263 e. The quantitative estimate of drug-likeness (QED) is 0.458. The molecule has 0 atom stereocenters. The number of thiophene rings is 1. The second-order valence-electron chi connectivity index (χ2n) is 8.36. The fourth-order valence-corrected chi connectivity index (χ4v) is 5.60. The maximum absolute atomic E-state index is 13.8. The first-order chi connectivity index (χ1) is 16.0. The number of ether oxygens (including phenoxy) is 1. The number of aryl methyl sites for hydroxylation is 3. The van der Waals surface area contributed by atoms with E-state index in [4.69, 9.17) is 9.72 Å². The summed E-state index contributed by atoms with van der Waals surface area (Å²) >= 11 is 1.61. The van der Waals surface area contributed by atoms with Crippen LogP contribution in [-0.2, 0) is 24.2 Å². The summed E-state index contributed by atoms with van der Waals surface area (Å²) in [5, 5.41) is 3.57. The second-order valence-corrected chi connectivity index (χ2v) is 9.45. The zero-order valence-corrected chi connectivity index (χ0v) is 19.5. The van der Waals surface area contributed by atoms with Crippen LogP contribution in [0.15, 0.2) is 53.3 Å². The lowest BCUT2D eigenvalue weighted by atomic mass is 9.97. The maximum Gasteiger partial charge on any atom is 0.263 e. The van der Waals surface area contributed by atoms with Gasteiger partial charge in [0.15, 0.2) is 0 Å². The molecule has 5 rings (SSSR count). The fourth-order valence-electron chi connectivity index (χ4n) is 4.35. The molecule has 0 saturated carbocycles. The summed E-state index contributed by atoms with van der Waals surface area (Å²) in [6.45, 7) is 1.88. The van der Waals surface area contributed by atoms with E-state index in [0.29, 0.717) is 22.6 Å². The van der Waals surface area contributed by atoms with Crippen LogP contribution < -0.4 is 15.6 Å². The lowest BCUT2D eigenvalue weighted by Gasteiger charge is -2.14. The van der Waals surface area contributed by atoms with Crippen LogP contribution in [0.5, 0.6) is 5.75 Å². The predicted molar refractivity (Wildman–Crippen MR) is 132 cm³/mol. The van der Waals surface area contributed by atoms with Gasteiger partial charge in [0.2, 0.25) is 5.91 Å². The summed E-state index contributed by atoms with van der Waals surface area (Å²) in [5.41, 5.74) is 3.51. The summed E-state index contributed by atoms with van der Waals surface area (Å²) in [6.07, 6.45) is 4.08. The van der Waals surface area contributed by atoms with Crippen molar-refractivity contribution in [3.63, 3.8) is 0 Å². The highest BCUT2D eigenvalue weighted by molar-refractivity contribution is 7.18. The normalized spacial score (nSPS) is 13.0. The molecule has 2 aromatic carbocycles. The largest absolute Gasteiger partial charge is 0.497 e. The van der Waals surface area contributed by atoms with Gasteiger partial charge in [0.25, 0.3) is 5.56 Å². The molecule has 0 fully saturated rings. The molecule has 7 heteroatoms. The number of aromatic nitrogens is 2. The molecule has 0 radical (unpaired) electrons. The van der Waals surface area contributed by atoms with Crippen molar-refractivity contribution in [2.24, 2.45) is 0 Å². The first kappa shape index (κ1) is 21.4. The number of methoxy groups -OCH3 is 1. The van der Waals surface area contributed by atoms with Gasteiger partial charge in [-0.1, -0.05) is 29.8 Å². The van der Waals surface area contributed by atoms with Crippen LogP contribution in [0.2, 0.25) is 0 Å². The average Bonchev–Trinajstić information content (AvgIpc) is 3.21. The molecule has 2 heterocycles. The number of amides is 1. The minimum absolute atomic E-state index is 0.118. The summed E-state index contributed by atoms with van der Waals surface area (Å²) in [5.74, 6) is 0.877. The predicted octanol–water partition coefficient (Wildman–Crippen LogP) is 4.96. The first-order valence-corrected chi connectivity index (χ1v) is 11.9. The van der Waals surface area contributed by atoms with Crippen LogP contribution >= 0.6 is 11.3 Å². The SMILES string of the molecule is COc1cccc(-c2nc3sc4c(c3c(=O)n2CC(=O)Nc2ccc(C)cc2)CCCC4)c1. The number of benzene rings is 2. The van der Waals surface area contributed by atoms with Gasteiger partial charge in [-0.3, -0.25) is 14.2 Å². The van der Waals surface area contributed by atoms with Gasteiger partial charge < -0.3 is 10.1 Å². The molecule has 1 aliphatic rings. The van der Waals surface area contributed by atoms with Crippen LogP contribution in [0.1, 0.15) is 28.8 Å². The number of carbonyl (C=O) groups excluding carboxylic acids is 1. The molecule has 1 amide bonds. The van der Waals surface area contributed by atoms with Crippen molar-refractivity contribution < 1.29 is 9.53 Å². The third-order valence-corrected chi connectivity index (χ3v) is 7.23. The molecular formula is C26H25N3O3S. The third-order valence-electron chi connectivity index (χ3n) is 6.04. The molecule has 33 heavy (non-hydrogen) atoms. The van der Waals surface area contributed by atoms with Crippen LogP contribution in [0.3, 0.4) is 0 Å². The zero-order valence-electron chi connectivity index (χ0n) is 18.7. The van der Waals surface area contributed by atoms with Crippen LogP contribution in [-0.4, -0.2) is 22.6 Å². The van der Waals surface area contributed by atoms with Crippen molar-refractivity contribution in [2.45, 2.75) is 39.2 Å². The Morgan fingerprint density at radius 2 is 1.94 bits per heavy atom. The van der Waals surface area contributed by atoms with Crippen LogP contribution in [0.4, 0.5) is 5.69 Å². The van der Waals surface area contributed by atoms with Crippen molar-refractivity contribution >= 4 is 33.1 Å². The number of fused-ring (bicyclic) bond motifs is 3. The Morgan fingerprint density at radius 1 is 1.15 bits per heavy atom. The van der Waals surface area contributed by atoms with E-state index in [-0.39, 0.29) is 18.0 Å². The number of hydrogen-bond donors (Lipinski definition) is 1. The minimum atomic E-state index is -0.268. The summed E-state index contributed by atoms with van der Waals surface area (Å²) < 4.78 is 6.88. The van der Waals surface area contributed by atoms with Gasteiger partial charge in [-0.25, -0.2) is 4.98 Å². The van der Waals surface area contributed by atoms with Crippen molar-refractivity contribution in [1.82, 2.24) is 9.55 Å². The third kappa shape index (κ3) is 4.16. The number of anilines is 1. The minimum Gasteiger partial charge on any atom is -0.497 e. The van der Waals surface area contributed by atoms with E-state index in [2.05, 4.69) is 5.32 Å². The molecule has 2 aromatic heterocycles. The van der Waals surface area contributed by atoms with Crippen molar-refractivity contribution in [2.75, 3.05) is 12.4 Å². The number of carbonyl (C=O) groups is 1. The van der Waals surface area contributed by atoms with Gasteiger partial charge in [0.1, 0.15) is 22.9 Å². The Morgan fingerprint density at radius 3 is 2.73 bits per heavy atom. The Labute approximate surface area is 195 Å². The Balaban J connectivity index is 1.62. The molecule has 0 bridgehead atoms. The lowest BCUT2D eigenvalue weighted by molar-refractivity contribution is -0.116. The molecule has 6 nitrogen and oxygen atoms in total. The number of nitrogens with zero attached hydrogens (tertiary/aromatic N) is 2. The van der Waals surface area contributed by atoms with Gasteiger partial charge in [-0.15, -0.1) is 11.3 Å². The monoisotopic (exact) mass is 459 g/mol. The molecule has 4 aromatic rings. The van der Waals surface area contributed by atoms with Crippen LogP contribution in [0.25, 0.3) is 21.6 Å². The summed E-state index contributed by atoms with van der Waals surface area (Å²) in [6, 6.07) is 15.0. The highest BCUT2D eigenvalue weighted by atomic mass is 32.1. The molecule has 0 aliphatic heterocycles. The molecule has 1 N–H and O–H groups in total. The molecule has 0 unspecified atom stereocenters. The fraction of sp³-hybridized carbons (Fsp3) is 0.269. The van der Waals surface area contributed by atoms with Gasteiger partial charge in [0, 0.05) is 16.1 Å². The highest BCUT2D eigenvalue weighted by Crippen LogP contribution is 2.35. The Kier molecular flexibility index (Phi) is 5.72. The van der Waals surface area contributed by atoms with E-state index in [1.165, 1.54) is 9.44 Å². The van der Waals surface area contributed by atoms with Gasteiger partial charge >= 0.3 is 0 Å². The topological polar surface area (TPSA) is 73.2 Å². The van der Waals surface area contributed by atoms with E-state index >= 15 is 0 Å². The van der Waals surface area contributed by atoms with Gasteiger partial charge in [-0.05, 0) is 62.4 Å². The molecule has 168 valence electrons. The maximum atomic E-state index is 13.8. The second kappa shape index (κ2) is 8.83. The molecule has 1 aliphatic carbocycles.